The molecule has 1 fully saturated rings. The highest BCUT2D eigenvalue weighted by Crippen LogP contribution is 2.27. The molecule has 9 heteroatoms. The van der Waals surface area contributed by atoms with E-state index in [9.17, 15) is 14.0 Å². The van der Waals surface area contributed by atoms with Gasteiger partial charge in [-0.25, -0.2) is 9.18 Å². The molecule has 1 aliphatic heterocycles. The molecule has 0 saturated carbocycles. The molecule has 0 spiro atoms. The molecule has 1 N–H and O–H groups in total. The first-order chi connectivity index (χ1) is 10.1. The molecule has 1 aromatic rings. The summed E-state index contributed by atoms with van der Waals surface area (Å²) < 4.78 is 18.6. The van der Waals surface area contributed by atoms with E-state index in [1.54, 1.807) is 13.8 Å². The minimum absolute atomic E-state index is 0.0345. The number of carbonyl (C=O) groups excluding carboxylic acids is 2. The van der Waals surface area contributed by atoms with Crippen molar-refractivity contribution < 1.29 is 18.7 Å². The lowest BCUT2D eigenvalue weighted by Crippen LogP contribution is -2.44. The van der Waals surface area contributed by atoms with Crippen LogP contribution in [0.4, 0.5) is 4.39 Å². The molecule has 1 amide bonds. The van der Waals surface area contributed by atoms with Gasteiger partial charge in [0.15, 0.2) is 5.82 Å². The highest BCUT2D eigenvalue weighted by molar-refractivity contribution is 5.88. The molecule has 0 radical (unpaired) electrons. The zero-order chi connectivity index (χ0) is 15.4. The third-order valence-corrected chi connectivity index (χ3v) is 3.47. The Bertz CT molecular complexity index is 495. The third-order valence-electron chi connectivity index (χ3n) is 3.47. The first-order valence-corrected chi connectivity index (χ1v) is 6.92. The summed E-state index contributed by atoms with van der Waals surface area (Å²) in [5.41, 5.74) is 0. The molecule has 3 atom stereocenters. The molecule has 116 valence electrons. The summed E-state index contributed by atoms with van der Waals surface area (Å²) in [6.07, 6.45) is -0.833. The predicted octanol–water partition coefficient (Wildman–Crippen LogP) is 0.195. The molecule has 0 bridgehead atoms. The normalized spacial score (nSPS) is 23.1. The van der Waals surface area contributed by atoms with Crippen LogP contribution in [0.5, 0.6) is 0 Å². The fourth-order valence-corrected chi connectivity index (χ4v) is 2.48. The number of carbonyl (C=O) groups is 2. The molecule has 8 nitrogen and oxygen atoms in total. The van der Waals surface area contributed by atoms with Crippen LogP contribution < -0.4 is 0 Å². The summed E-state index contributed by atoms with van der Waals surface area (Å²) in [5.74, 6) is -1.36. The van der Waals surface area contributed by atoms with E-state index in [1.165, 1.54) is 4.90 Å². The average Bonchev–Trinajstić information content (AvgIpc) is 3.09. The van der Waals surface area contributed by atoms with Crippen LogP contribution in [0.15, 0.2) is 0 Å². The Morgan fingerprint density at radius 2 is 2.29 bits per heavy atom. The second-order valence-electron chi connectivity index (χ2n) is 4.82. The van der Waals surface area contributed by atoms with Gasteiger partial charge in [0.25, 0.3) is 0 Å². The first kappa shape index (κ1) is 15.3. The number of nitrogens with one attached hydrogen (secondary N) is 1. The largest absolute Gasteiger partial charge is 0.464 e. The van der Waals surface area contributed by atoms with Crippen LogP contribution in [0.1, 0.15) is 38.4 Å². The van der Waals surface area contributed by atoms with E-state index >= 15 is 0 Å². The molecule has 0 aromatic carbocycles. The van der Waals surface area contributed by atoms with Crippen molar-refractivity contribution in [2.75, 3.05) is 13.2 Å². The van der Waals surface area contributed by atoms with Crippen molar-refractivity contribution in [2.45, 2.75) is 44.8 Å². The lowest BCUT2D eigenvalue weighted by molar-refractivity contribution is -0.153. The number of likely N-dealkylation sites (tertiary alicyclic amines) is 1. The minimum atomic E-state index is -1.23. The van der Waals surface area contributed by atoms with E-state index in [0.29, 0.717) is 6.42 Å². The van der Waals surface area contributed by atoms with E-state index in [-0.39, 0.29) is 31.3 Å². The van der Waals surface area contributed by atoms with Crippen molar-refractivity contribution in [3.05, 3.63) is 5.82 Å². The summed E-state index contributed by atoms with van der Waals surface area (Å²) in [5, 5.41) is 13.3. The van der Waals surface area contributed by atoms with Gasteiger partial charge in [0.05, 0.1) is 13.2 Å². The summed E-state index contributed by atoms with van der Waals surface area (Å²) in [4.78, 5) is 25.7. The molecule has 2 heterocycles. The summed E-state index contributed by atoms with van der Waals surface area (Å²) >= 11 is 0. The second-order valence-corrected chi connectivity index (χ2v) is 4.82. The Balaban J connectivity index is 2.17. The van der Waals surface area contributed by atoms with Gasteiger partial charge in [0, 0.05) is 6.42 Å². The molecule has 1 aliphatic rings. The van der Waals surface area contributed by atoms with E-state index in [1.807, 2.05) is 0 Å². The molecule has 1 unspecified atom stereocenters. The van der Waals surface area contributed by atoms with Gasteiger partial charge in [-0.1, -0.05) is 12.1 Å². The van der Waals surface area contributed by atoms with Crippen LogP contribution in [0.2, 0.25) is 0 Å². The summed E-state index contributed by atoms with van der Waals surface area (Å²) in [6.45, 7) is 3.54. The predicted molar refractivity (Wildman–Crippen MR) is 68.9 cm³/mol. The quantitative estimate of drug-likeness (QED) is 0.779. The zero-order valence-electron chi connectivity index (χ0n) is 12.0. The van der Waals surface area contributed by atoms with Gasteiger partial charge in [-0.3, -0.25) is 4.79 Å². The number of nitrogens with zero attached hydrogens (tertiary/aromatic N) is 4. The highest BCUT2D eigenvalue weighted by Gasteiger charge is 2.43. The van der Waals surface area contributed by atoms with Gasteiger partial charge in [0.1, 0.15) is 18.1 Å². The van der Waals surface area contributed by atoms with E-state index in [4.69, 9.17) is 4.74 Å². The molecule has 1 aromatic heterocycles. The molecular formula is C12H18FN5O3. The maximum absolute atomic E-state index is 13.6. The average molecular weight is 299 g/mol. The highest BCUT2D eigenvalue weighted by atomic mass is 19.1. The Kier molecular flexibility index (Phi) is 4.81. The number of H-pyrrole nitrogens is 1. The van der Waals surface area contributed by atoms with Crippen molar-refractivity contribution in [3.63, 3.8) is 0 Å². The standard InChI is InChI=1S/C12H18FN5O3/c1-3-8(10-14-16-17-15-10)11(19)18-6-7(13)5-9(18)12(20)21-4-2/h7-9H,3-6H2,1-2H3,(H,14,15,16,17)/t7-,8?,9-/m0/s1. The lowest BCUT2D eigenvalue weighted by atomic mass is 10.0. The smallest absolute Gasteiger partial charge is 0.328 e. The van der Waals surface area contributed by atoms with Gasteiger partial charge in [-0.2, -0.15) is 5.21 Å². The maximum atomic E-state index is 13.6. The van der Waals surface area contributed by atoms with Gasteiger partial charge < -0.3 is 9.64 Å². The molecular weight excluding hydrogens is 281 g/mol. The maximum Gasteiger partial charge on any atom is 0.328 e. The first-order valence-electron chi connectivity index (χ1n) is 6.92. The number of amides is 1. The molecule has 0 aliphatic carbocycles. The second kappa shape index (κ2) is 6.59. The number of hydrogen-bond acceptors (Lipinski definition) is 6. The van der Waals surface area contributed by atoms with Gasteiger partial charge in [-0.15, -0.1) is 10.2 Å². The third kappa shape index (κ3) is 3.17. The van der Waals surface area contributed by atoms with Gasteiger partial charge >= 0.3 is 5.97 Å². The zero-order valence-corrected chi connectivity index (χ0v) is 12.0. The molecule has 21 heavy (non-hydrogen) atoms. The monoisotopic (exact) mass is 299 g/mol. The molecule has 2 rings (SSSR count). The van der Waals surface area contributed by atoms with E-state index in [0.717, 1.165) is 0 Å². The van der Waals surface area contributed by atoms with Crippen LogP contribution in [0, 0.1) is 0 Å². The van der Waals surface area contributed by atoms with Crippen LogP contribution >= 0.6 is 0 Å². The van der Waals surface area contributed by atoms with Crippen molar-refractivity contribution in [3.8, 4) is 0 Å². The van der Waals surface area contributed by atoms with Crippen molar-refractivity contribution in [1.82, 2.24) is 25.5 Å². The Morgan fingerprint density at radius 3 is 2.86 bits per heavy atom. The van der Waals surface area contributed by atoms with Crippen LogP contribution in [-0.2, 0) is 14.3 Å². The fraction of sp³-hybridized carbons (Fsp3) is 0.750. The Hall–Kier alpha value is -2.06. The number of rotatable bonds is 5. The lowest BCUT2D eigenvalue weighted by Gasteiger charge is -2.25. The number of tetrazole rings is 1. The van der Waals surface area contributed by atoms with E-state index < -0.39 is 24.1 Å². The number of aromatic amines is 1. The molecule has 1 saturated heterocycles. The Labute approximate surface area is 121 Å². The van der Waals surface area contributed by atoms with Gasteiger partial charge in [-0.05, 0) is 13.3 Å². The van der Waals surface area contributed by atoms with Gasteiger partial charge in [0.2, 0.25) is 5.91 Å². The van der Waals surface area contributed by atoms with Crippen molar-refractivity contribution >= 4 is 11.9 Å². The SMILES string of the molecule is CCOC(=O)[C@@H]1C[C@H](F)CN1C(=O)C(CC)c1nn[nH]n1. The minimum Gasteiger partial charge on any atom is -0.464 e. The van der Waals surface area contributed by atoms with Crippen LogP contribution in [0.25, 0.3) is 0 Å². The van der Waals surface area contributed by atoms with Crippen LogP contribution in [0.3, 0.4) is 0 Å². The number of halogens is 1. The van der Waals surface area contributed by atoms with Crippen LogP contribution in [-0.4, -0.2) is 62.8 Å². The number of ether oxygens (including phenoxy) is 1. The van der Waals surface area contributed by atoms with Crippen molar-refractivity contribution in [2.24, 2.45) is 0 Å². The summed E-state index contributed by atoms with van der Waals surface area (Å²) in [6, 6.07) is -0.881. The van der Waals surface area contributed by atoms with E-state index in [2.05, 4.69) is 20.6 Å². The Morgan fingerprint density at radius 1 is 1.52 bits per heavy atom. The fourth-order valence-electron chi connectivity index (χ4n) is 2.48. The number of alkyl halides is 1. The van der Waals surface area contributed by atoms with Crippen molar-refractivity contribution in [1.29, 1.82) is 0 Å². The topological polar surface area (TPSA) is 101 Å². The number of esters is 1. The summed E-state index contributed by atoms with van der Waals surface area (Å²) in [7, 11) is 0. The number of hydrogen-bond donors (Lipinski definition) is 1. The number of aromatic nitrogens is 4.